The van der Waals surface area contributed by atoms with Crippen LogP contribution < -0.4 is 5.73 Å². The van der Waals surface area contributed by atoms with E-state index in [-0.39, 0.29) is 11.6 Å². The average molecular weight is 255 g/mol. The van der Waals surface area contributed by atoms with Gasteiger partial charge in [-0.25, -0.2) is 0 Å². The van der Waals surface area contributed by atoms with Crippen LogP contribution in [0.4, 0.5) is 5.69 Å². The van der Waals surface area contributed by atoms with Gasteiger partial charge in [0.1, 0.15) is 0 Å². The molecule has 0 radical (unpaired) electrons. The number of nitrogens with two attached hydrogens (primary N) is 1. The molecule has 0 aliphatic heterocycles. The monoisotopic (exact) mass is 255 g/mol. The molecule has 0 aromatic heterocycles. The van der Waals surface area contributed by atoms with Gasteiger partial charge in [0.15, 0.2) is 11.6 Å². The Balaban J connectivity index is 0.000000191. The number of carbonyl (C=O) groups is 2. The van der Waals surface area contributed by atoms with E-state index in [4.69, 9.17) is 5.73 Å². The third kappa shape index (κ3) is 5.17. The standard InChI is InChI=1S/C8H9NO.C8H8O/c1-6(10)7-2-4-8(9)5-3-7;1-7(9)8-5-3-2-4-6-8/h2-5H,9H2,1H3;2-6H,1H3. The lowest BCUT2D eigenvalue weighted by molar-refractivity contribution is 0.100. The summed E-state index contributed by atoms with van der Waals surface area (Å²) in [6, 6.07) is 16.1. The fraction of sp³-hybridized carbons (Fsp3) is 0.125. The van der Waals surface area contributed by atoms with Crippen molar-refractivity contribution in [3.05, 3.63) is 65.7 Å². The molecule has 0 bridgehead atoms. The van der Waals surface area contributed by atoms with Gasteiger partial charge in [0.2, 0.25) is 0 Å². The molecule has 0 amide bonds. The Morgan fingerprint density at radius 2 is 1.16 bits per heavy atom. The molecule has 3 heteroatoms. The van der Waals surface area contributed by atoms with Crippen molar-refractivity contribution in [3.63, 3.8) is 0 Å². The summed E-state index contributed by atoms with van der Waals surface area (Å²) >= 11 is 0. The van der Waals surface area contributed by atoms with Crippen LogP contribution in [-0.4, -0.2) is 11.6 Å². The second-order valence-electron chi connectivity index (χ2n) is 4.10. The van der Waals surface area contributed by atoms with E-state index < -0.39 is 0 Å². The third-order valence-corrected chi connectivity index (χ3v) is 2.50. The van der Waals surface area contributed by atoms with E-state index in [1.807, 2.05) is 30.3 Å². The first kappa shape index (κ1) is 14.6. The van der Waals surface area contributed by atoms with Crippen LogP contribution in [-0.2, 0) is 0 Å². The van der Waals surface area contributed by atoms with Crippen LogP contribution in [0.3, 0.4) is 0 Å². The molecule has 0 atom stereocenters. The predicted molar refractivity (Wildman–Crippen MR) is 77.3 cm³/mol. The van der Waals surface area contributed by atoms with Gasteiger partial charge in [0.25, 0.3) is 0 Å². The smallest absolute Gasteiger partial charge is 0.159 e. The second-order valence-corrected chi connectivity index (χ2v) is 4.10. The molecule has 0 spiro atoms. The Labute approximate surface area is 113 Å². The van der Waals surface area contributed by atoms with E-state index in [9.17, 15) is 9.59 Å². The van der Waals surface area contributed by atoms with Crippen LogP contribution in [0.1, 0.15) is 34.6 Å². The highest BCUT2D eigenvalue weighted by Gasteiger charge is 1.95. The van der Waals surface area contributed by atoms with Crippen molar-refractivity contribution < 1.29 is 9.59 Å². The van der Waals surface area contributed by atoms with Crippen molar-refractivity contribution in [2.75, 3.05) is 5.73 Å². The van der Waals surface area contributed by atoms with Crippen molar-refractivity contribution in [2.24, 2.45) is 0 Å². The Bertz CT molecular complexity index is 545. The first-order valence-electron chi connectivity index (χ1n) is 5.93. The van der Waals surface area contributed by atoms with Gasteiger partial charge in [-0.05, 0) is 38.1 Å². The van der Waals surface area contributed by atoms with E-state index >= 15 is 0 Å². The highest BCUT2D eigenvalue weighted by molar-refractivity contribution is 5.94. The Morgan fingerprint density at radius 1 is 0.737 bits per heavy atom. The maximum absolute atomic E-state index is 10.7. The van der Waals surface area contributed by atoms with Crippen molar-refractivity contribution >= 4 is 17.3 Å². The molecule has 2 aromatic carbocycles. The molecule has 2 rings (SSSR count). The van der Waals surface area contributed by atoms with Gasteiger partial charge < -0.3 is 5.73 Å². The summed E-state index contributed by atoms with van der Waals surface area (Å²) < 4.78 is 0. The zero-order valence-corrected chi connectivity index (χ0v) is 11.1. The van der Waals surface area contributed by atoms with Crippen LogP contribution in [0.25, 0.3) is 0 Å². The molecule has 0 saturated heterocycles. The van der Waals surface area contributed by atoms with Gasteiger partial charge in [0.05, 0.1) is 0 Å². The highest BCUT2D eigenvalue weighted by atomic mass is 16.1. The number of anilines is 1. The lowest BCUT2D eigenvalue weighted by atomic mass is 10.1. The minimum atomic E-state index is 0.0694. The van der Waals surface area contributed by atoms with E-state index in [1.165, 1.54) is 6.92 Å². The second kappa shape index (κ2) is 7.11. The summed E-state index contributed by atoms with van der Waals surface area (Å²) in [6.07, 6.45) is 0. The number of rotatable bonds is 2. The molecule has 0 heterocycles. The first-order chi connectivity index (χ1) is 9.00. The summed E-state index contributed by atoms with van der Waals surface area (Å²) in [5.41, 5.74) is 7.58. The molecule has 0 aliphatic rings. The lowest BCUT2D eigenvalue weighted by Gasteiger charge is -1.94. The van der Waals surface area contributed by atoms with Crippen molar-refractivity contribution in [1.29, 1.82) is 0 Å². The zero-order valence-electron chi connectivity index (χ0n) is 11.1. The Kier molecular flexibility index (Phi) is 5.48. The Morgan fingerprint density at radius 3 is 1.53 bits per heavy atom. The Hall–Kier alpha value is -2.42. The lowest BCUT2D eigenvalue weighted by Crippen LogP contribution is -1.91. The van der Waals surface area contributed by atoms with Crippen molar-refractivity contribution in [3.8, 4) is 0 Å². The number of ketones is 2. The van der Waals surface area contributed by atoms with E-state index in [1.54, 1.807) is 31.2 Å². The average Bonchev–Trinajstić information content (AvgIpc) is 2.41. The number of benzene rings is 2. The summed E-state index contributed by atoms with van der Waals surface area (Å²) in [4.78, 5) is 21.4. The summed E-state index contributed by atoms with van der Waals surface area (Å²) in [5.74, 6) is 0.190. The van der Waals surface area contributed by atoms with E-state index in [2.05, 4.69) is 0 Å². The van der Waals surface area contributed by atoms with E-state index in [0.29, 0.717) is 11.3 Å². The molecule has 19 heavy (non-hydrogen) atoms. The van der Waals surface area contributed by atoms with Crippen LogP contribution in [0.5, 0.6) is 0 Å². The van der Waals surface area contributed by atoms with Crippen LogP contribution in [0, 0.1) is 0 Å². The molecule has 0 aliphatic carbocycles. The first-order valence-corrected chi connectivity index (χ1v) is 5.93. The number of nitrogen functional groups attached to an aromatic ring is 1. The van der Waals surface area contributed by atoms with Gasteiger partial charge in [-0.3, -0.25) is 9.59 Å². The van der Waals surface area contributed by atoms with Gasteiger partial charge in [-0.2, -0.15) is 0 Å². The maximum atomic E-state index is 10.7. The molecule has 98 valence electrons. The van der Waals surface area contributed by atoms with Crippen molar-refractivity contribution in [2.45, 2.75) is 13.8 Å². The molecular formula is C16H17NO2. The zero-order chi connectivity index (χ0) is 14.3. The summed E-state index contributed by atoms with van der Waals surface area (Å²) in [6.45, 7) is 3.10. The van der Waals surface area contributed by atoms with Gasteiger partial charge >= 0.3 is 0 Å². The van der Waals surface area contributed by atoms with Crippen LogP contribution in [0.15, 0.2) is 54.6 Å². The largest absolute Gasteiger partial charge is 0.399 e. The fourth-order valence-corrected chi connectivity index (χ4v) is 1.39. The van der Waals surface area contributed by atoms with Crippen LogP contribution in [0.2, 0.25) is 0 Å². The molecule has 0 fully saturated rings. The molecule has 0 saturated carbocycles. The maximum Gasteiger partial charge on any atom is 0.159 e. The van der Waals surface area contributed by atoms with Crippen molar-refractivity contribution in [1.82, 2.24) is 0 Å². The fourth-order valence-electron chi connectivity index (χ4n) is 1.39. The minimum absolute atomic E-state index is 0.0694. The number of hydrogen-bond donors (Lipinski definition) is 1. The number of hydrogen-bond acceptors (Lipinski definition) is 3. The normalized spacial score (nSPS) is 9.16. The van der Waals surface area contributed by atoms with Gasteiger partial charge in [0, 0.05) is 16.8 Å². The highest BCUT2D eigenvalue weighted by Crippen LogP contribution is 2.05. The van der Waals surface area contributed by atoms with Gasteiger partial charge in [-0.1, -0.05) is 30.3 Å². The topological polar surface area (TPSA) is 60.2 Å². The number of Topliss-reactive ketones (excluding diaryl/α,β-unsaturated/α-hetero) is 2. The molecule has 2 aromatic rings. The molecular weight excluding hydrogens is 238 g/mol. The SMILES string of the molecule is CC(=O)c1ccc(N)cc1.CC(=O)c1ccccc1. The van der Waals surface area contributed by atoms with Crippen LogP contribution >= 0.6 is 0 Å². The van der Waals surface area contributed by atoms with E-state index in [0.717, 1.165) is 5.56 Å². The number of carbonyl (C=O) groups excluding carboxylic acids is 2. The molecule has 2 N–H and O–H groups in total. The summed E-state index contributed by atoms with van der Waals surface area (Å²) in [5, 5.41) is 0. The third-order valence-electron chi connectivity index (χ3n) is 2.50. The molecule has 3 nitrogen and oxygen atoms in total. The minimum Gasteiger partial charge on any atom is -0.399 e. The predicted octanol–water partition coefficient (Wildman–Crippen LogP) is 3.36. The molecule has 0 unspecified atom stereocenters. The quantitative estimate of drug-likeness (QED) is 0.661. The van der Waals surface area contributed by atoms with Gasteiger partial charge in [-0.15, -0.1) is 0 Å². The summed E-state index contributed by atoms with van der Waals surface area (Å²) in [7, 11) is 0.